The Hall–Kier alpha value is -7.02. The summed E-state index contributed by atoms with van der Waals surface area (Å²) in [7, 11) is 0. The number of aromatic nitrogens is 2. The molecule has 2 fully saturated rings. The normalized spacial score (nSPS) is 14.1. The van der Waals surface area contributed by atoms with Gasteiger partial charge in [0.2, 0.25) is 0 Å². The Morgan fingerprint density at radius 3 is 1.15 bits per heavy atom. The first kappa shape index (κ1) is 58.9. The quantitative estimate of drug-likeness (QED) is 0.123. The number of benzene rings is 4. The highest BCUT2D eigenvalue weighted by Gasteiger charge is 2.34. The Kier molecular flexibility index (Phi) is 21.2. The zero-order valence-corrected chi connectivity index (χ0v) is 46.0. The molecule has 2 heterocycles. The summed E-state index contributed by atoms with van der Waals surface area (Å²) in [5.74, 6) is 12.9. The van der Waals surface area contributed by atoms with E-state index in [0.29, 0.717) is 0 Å². The van der Waals surface area contributed by atoms with Crippen molar-refractivity contribution in [3.05, 3.63) is 176 Å². The molecule has 2 aliphatic rings. The largest absolute Gasteiger partial charge is 0.378 e. The maximum atomic E-state index is 10.6. The topological polar surface area (TPSA) is 135 Å². The van der Waals surface area contributed by atoms with Gasteiger partial charge in [0, 0.05) is 57.9 Å². The first-order chi connectivity index (χ1) is 36.0. The number of pyridine rings is 2. The molecule has 0 unspecified atom stereocenters. The molecular formula is C67H76N2O6. The maximum Gasteiger partial charge on any atom is 0.373 e. The molecule has 8 rings (SSSR count). The predicted octanol–water partition coefficient (Wildman–Crippen LogP) is 14.0. The van der Waals surface area contributed by atoms with Crippen molar-refractivity contribution < 1.29 is 29.4 Å². The third-order valence-electron chi connectivity index (χ3n) is 16.0. The van der Waals surface area contributed by atoms with E-state index in [-0.39, 0.29) is 23.1 Å². The van der Waals surface area contributed by atoms with Crippen molar-refractivity contribution >= 4 is 12.3 Å². The van der Waals surface area contributed by atoms with Crippen molar-refractivity contribution in [1.82, 2.24) is 9.97 Å². The number of carbonyl (C=O) groups excluding carboxylic acids is 4. The van der Waals surface area contributed by atoms with Gasteiger partial charge in [-0.1, -0.05) is 119 Å². The highest BCUT2D eigenvalue weighted by atomic mass is 16.3. The summed E-state index contributed by atoms with van der Waals surface area (Å²) in [5, 5.41) is 21.3. The molecule has 0 radical (unpaired) electrons. The molecule has 75 heavy (non-hydrogen) atoms. The fourth-order valence-corrected chi connectivity index (χ4v) is 11.3. The number of aliphatic hydroxyl groups is 2. The van der Waals surface area contributed by atoms with Crippen LogP contribution in [0.2, 0.25) is 0 Å². The lowest BCUT2D eigenvalue weighted by Gasteiger charge is -2.34. The summed E-state index contributed by atoms with van der Waals surface area (Å²) in [6.45, 7) is 22.1. The van der Waals surface area contributed by atoms with E-state index in [1.165, 1.54) is 77.9 Å². The molecule has 2 aliphatic carbocycles. The van der Waals surface area contributed by atoms with Gasteiger partial charge in [-0.2, -0.15) is 19.2 Å². The minimum atomic E-state index is -0.798. The van der Waals surface area contributed by atoms with E-state index >= 15 is 0 Å². The highest BCUT2D eigenvalue weighted by molar-refractivity contribution is 5.69. The van der Waals surface area contributed by atoms with Crippen LogP contribution in [-0.4, -0.2) is 43.7 Å². The highest BCUT2D eigenvalue weighted by Crippen LogP contribution is 2.43. The molecule has 0 amide bonds. The van der Waals surface area contributed by atoms with E-state index in [1.807, 2.05) is 24.8 Å². The molecule has 0 atom stereocenters. The van der Waals surface area contributed by atoms with Crippen LogP contribution in [0.25, 0.3) is 22.3 Å². The number of hydrogen-bond donors (Lipinski definition) is 2. The van der Waals surface area contributed by atoms with E-state index in [4.69, 9.17) is 19.2 Å². The summed E-state index contributed by atoms with van der Waals surface area (Å²) in [5.41, 5.74) is 18.0. The molecule has 8 nitrogen and oxygen atoms in total. The summed E-state index contributed by atoms with van der Waals surface area (Å²) >= 11 is 0. The number of rotatable bonds is 11. The average Bonchev–Trinajstić information content (AvgIpc) is 4.05. The van der Waals surface area contributed by atoms with Crippen LogP contribution in [0, 0.1) is 58.3 Å². The van der Waals surface area contributed by atoms with Gasteiger partial charge >= 0.3 is 12.3 Å². The van der Waals surface area contributed by atoms with Gasteiger partial charge in [-0.15, -0.1) is 0 Å². The molecule has 390 valence electrons. The van der Waals surface area contributed by atoms with Crippen molar-refractivity contribution in [3.8, 4) is 45.9 Å². The molecular weight excluding hydrogens is 929 g/mol. The van der Waals surface area contributed by atoms with Crippen LogP contribution < -0.4 is 0 Å². The SMILES string of the molecule is CCC(CC)(c1ccc(C#CC2(O)CCCC2)c(C)c1)c1ccc(-c2cncc(C)c2)c(C)c1.CCc1cncc(-c2ccc(C(CC)(CC)c3ccc(C#CC4(O)CCCC4)c(C)c3)cc2C)c1.O=C=O.O=C=O. The van der Waals surface area contributed by atoms with Gasteiger partial charge in [-0.25, -0.2) is 0 Å². The standard InChI is InChI=1S/C33H39NO.C32H37NO.2CO2/c1-6-26-21-28(23-34-22-26)31-14-13-30(20-25(31)5)33(7-2,8-3)29-12-11-27(24(4)19-29)15-18-32(35)16-9-10-17-32;1-6-32(7-2,29-12-13-30(25(5)20-29)27-18-23(3)21-33-22-27)28-11-10-26(24(4)19-28)14-17-31(34)15-8-9-16-31;2*2-1-3/h11-14,19-23,35H,6-10,16-17H2,1-5H3;10-13,18-22,34H,6-9,15-16H2,1-5H3;;. The lowest BCUT2D eigenvalue weighted by atomic mass is 9.69. The first-order valence-corrected chi connectivity index (χ1v) is 26.8. The summed E-state index contributed by atoms with van der Waals surface area (Å²) in [6.07, 6.45) is 20.8. The van der Waals surface area contributed by atoms with Gasteiger partial charge in [0.15, 0.2) is 0 Å². The minimum absolute atomic E-state index is 0.0471. The van der Waals surface area contributed by atoms with Gasteiger partial charge in [-0.3, -0.25) is 9.97 Å². The monoisotopic (exact) mass is 1000 g/mol. The van der Waals surface area contributed by atoms with Crippen molar-refractivity contribution in [2.45, 2.75) is 175 Å². The Morgan fingerprint density at radius 2 is 0.813 bits per heavy atom. The summed E-state index contributed by atoms with van der Waals surface area (Å²) in [4.78, 5) is 41.3. The van der Waals surface area contributed by atoms with Gasteiger partial charge in [0.25, 0.3) is 0 Å². The minimum Gasteiger partial charge on any atom is -0.378 e. The third kappa shape index (κ3) is 14.2. The molecule has 0 spiro atoms. The Labute approximate surface area is 446 Å². The van der Waals surface area contributed by atoms with Crippen LogP contribution in [0.3, 0.4) is 0 Å². The maximum absolute atomic E-state index is 10.6. The smallest absolute Gasteiger partial charge is 0.373 e. The number of hydrogen-bond acceptors (Lipinski definition) is 8. The summed E-state index contributed by atoms with van der Waals surface area (Å²) < 4.78 is 0. The summed E-state index contributed by atoms with van der Waals surface area (Å²) in [6, 6.07) is 31.8. The van der Waals surface area contributed by atoms with Crippen LogP contribution in [0.4, 0.5) is 0 Å². The zero-order chi connectivity index (χ0) is 54.8. The second-order valence-electron chi connectivity index (χ2n) is 20.5. The number of aryl methyl sites for hydroxylation is 6. The molecule has 2 aromatic heterocycles. The van der Waals surface area contributed by atoms with E-state index in [2.05, 4.69) is 188 Å². The average molecular weight is 1010 g/mol. The second-order valence-corrected chi connectivity index (χ2v) is 20.5. The van der Waals surface area contributed by atoms with Gasteiger partial charge in [0.05, 0.1) is 0 Å². The van der Waals surface area contributed by atoms with E-state index in [9.17, 15) is 10.2 Å². The van der Waals surface area contributed by atoms with Crippen LogP contribution in [-0.2, 0) is 36.4 Å². The van der Waals surface area contributed by atoms with Gasteiger partial charge in [-0.05, 0) is 209 Å². The second kappa shape index (κ2) is 27.0. The van der Waals surface area contributed by atoms with Gasteiger partial charge in [0.1, 0.15) is 11.2 Å². The third-order valence-corrected chi connectivity index (χ3v) is 16.0. The molecule has 2 saturated carbocycles. The lowest BCUT2D eigenvalue weighted by molar-refractivity contribution is -0.193. The van der Waals surface area contributed by atoms with Crippen LogP contribution in [0.5, 0.6) is 0 Å². The predicted molar refractivity (Wildman–Crippen MR) is 299 cm³/mol. The van der Waals surface area contributed by atoms with E-state index in [1.54, 1.807) is 0 Å². The molecule has 8 heteroatoms. The molecule has 0 aliphatic heterocycles. The van der Waals surface area contributed by atoms with Crippen molar-refractivity contribution in [1.29, 1.82) is 0 Å². The van der Waals surface area contributed by atoms with Gasteiger partial charge < -0.3 is 10.2 Å². The van der Waals surface area contributed by atoms with Crippen LogP contribution in [0.1, 0.15) is 178 Å². The van der Waals surface area contributed by atoms with E-state index in [0.717, 1.165) is 94.6 Å². The van der Waals surface area contributed by atoms with E-state index < -0.39 is 11.2 Å². The van der Waals surface area contributed by atoms with Crippen LogP contribution >= 0.6 is 0 Å². The van der Waals surface area contributed by atoms with Crippen molar-refractivity contribution in [2.24, 2.45) is 0 Å². The lowest BCUT2D eigenvalue weighted by Crippen LogP contribution is -2.26. The van der Waals surface area contributed by atoms with Crippen molar-refractivity contribution in [3.63, 3.8) is 0 Å². The number of nitrogens with zero attached hydrogens (tertiary/aromatic N) is 2. The molecule has 0 bridgehead atoms. The molecule has 4 aromatic carbocycles. The van der Waals surface area contributed by atoms with Crippen LogP contribution in [0.15, 0.2) is 110 Å². The van der Waals surface area contributed by atoms with Crippen molar-refractivity contribution in [2.75, 3.05) is 0 Å². The molecule has 6 aromatic rings. The Bertz CT molecular complexity index is 3080. The Balaban J connectivity index is 0.000000251. The fraction of sp³-hybridized carbons (Fsp3) is 0.403. The molecule has 2 N–H and O–H groups in total. The Morgan fingerprint density at radius 1 is 0.467 bits per heavy atom. The fourth-order valence-electron chi connectivity index (χ4n) is 11.3. The first-order valence-electron chi connectivity index (χ1n) is 26.8. The zero-order valence-electron chi connectivity index (χ0n) is 46.0. The molecule has 0 saturated heterocycles.